The Morgan fingerprint density at radius 2 is 1.66 bits per heavy atom. The number of esters is 2. The summed E-state index contributed by atoms with van der Waals surface area (Å²) in [6.07, 6.45) is -3.68. The summed E-state index contributed by atoms with van der Waals surface area (Å²) in [6, 6.07) is 0. The topological polar surface area (TPSA) is 172 Å². The van der Waals surface area contributed by atoms with Crippen molar-refractivity contribution in [1.29, 1.82) is 0 Å². The van der Waals surface area contributed by atoms with E-state index in [1.165, 1.54) is 13.8 Å². The number of hydrogen-bond donors (Lipinski definition) is 4. The molecule has 242 valence electrons. The lowest BCUT2D eigenvalue weighted by Gasteiger charge is -2.65. The summed E-state index contributed by atoms with van der Waals surface area (Å²) in [7, 11) is 0. The Kier molecular flexibility index (Phi) is 6.02. The molecule has 0 aromatic rings. The minimum Gasteiger partial charge on any atom is -0.463 e. The van der Waals surface area contributed by atoms with Crippen LogP contribution in [0.25, 0.3) is 0 Å². The maximum atomic E-state index is 14.2. The first kappa shape index (κ1) is 30.3. The number of carbonyl (C=O) groups excluding carboxylic acids is 3. The zero-order chi connectivity index (χ0) is 32.3. The van der Waals surface area contributed by atoms with E-state index in [0.717, 1.165) is 0 Å². The van der Waals surface area contributed by atoms with Crippen molar-refractivity contribution in [3.05, 3.63) is 24.2 Å². The Hall–Kier alpha value is -2.31. The number of aliphatic hydroxyl groups is 4. The molecule has 0 unspecified atom stereocenters. The van der Waals surface area contributed by atoms with Gasteiger partial charge in [0, 0.05) is 48.9 Å². The molecular weight excluding hydrogens is 572 g/mol. The molecule has 44 heavy (non-hydrogen) atoms. The molecule has 0 aromatic carbocycles. The second-order valence-corrected chi connectivity index (χ2v) is 15.5. The Bertz CT molecular complexity index is 1400. The molecule has 0 bridgehead atoms. The molecule has 17 atom stereocenters. The number of rotatable bonds is 2. The van der Waals surface area contributed by atoms with Crippen molar-refractivity contribution < 1.29 is 53.8 Å². The average molecular weight is 617 g/mol. The third kappa shape index (κ3) is 3.18. The van der Waals surface area contributed by atoms with E-state index in [1.54, 1.807) is 13.8 Å². The molecule has 0 aromatic heterocycles. The van der Waals surface area contributed by atoms with Gasteiger partial charge in [0.05, 0.1) is 17.6 Å². The van der Waals surface area contributed by atoms with E-state index in [9.17, 15) is 34.8 Å². The molecule has 0 amide bonds. The zero-order valence-electron chi connectivity index (χ0n) is 26.3. The van der Waals surface area contributed by atoms with Gasteiger partial charge >= 0.3 is 11.9 Å². The Morgan fingerprint density at radius 3 is 2.27 bits per heavy atom. The van der Waals surface area contributed by atoms with Crippen LogP contribution in [-0.2, 0) is 33.3 Å². The predicted molar refractivity (Wildman–Crippen MR) is 151 cm³/mol. The fraction of sp³-hybridized carbons (Fsp3) is 0.788. The van der Waals surface area contributed by atoms with Crippen LogP contribution in [0.15, 0.2) is 24.2 Å². The average Bonchev–Trinajstić information content (AvgIpc) is 3.59. The SMILES string of the molecule is C=C1OC2=C[C@@H](C)[C@H]3[C@@H]([C@H](O)[C@H]4[C@@H]5[C@@H](O)C(=O)[C@@]6(O)C[C@@H]7O[C@@H]7[C@H](OC(C)=O)[C@]6(C)[C@H]5C[C@H](OC(C)=O)[C@]34C)[C@@]2(C)[C@]1(C)O. The van der Waals surface area contributed by atoms with Crippen LogP contribution in [0.5, 0.6) is 0 Å². The molecule has 11 nitrogen and oxygen atoms in total. The first-order valence-corrected chi connectivity index (χ1v) is 15.7. The molecule has 4 N–H and O–H groups in total. The molecule has 2 heterocycles. The van der Waals surface area contributed by atoms with Gasteiger partial charge in [0.15, 0.2) is 5.78 Å². The summed E-state index contributed by atoms with van der Waals surface area (Å²) >= 11 is 0. The van der Waals surface area contributed by atoms with E-state index in [0.29, 0.717) is 5.76 Å². The summed E-state index contributed by atoms with van der Waals surface area (Å²) < 4.78 is 23.8. The van der Waals surface area contributed by atoms with Gasteiger partial charge in [-0.05, 0) is 44.1 Å². The molecule has 0 spiro atoms. The zero-order valence-corrected chi connectivity index (χ0v) is 26.3. The highest BCUT2D eigenvalue weighted by Crippen LogP contribution is 2.76. The molecule has 6 fully saturated rings. The summed E-state index contributed by atoms with van der Waals surface area (Å²) in [4.78, 5) is 39.3. The molecule has 11 heteroatoms. The molecule has 7 rings (SSSR count). The molecule has 2 aliphatic heterocycles. The van der Waals surface area contributed by atoms with Gasteiger partial charge < -0.3 is 39.4 Å². The monoisotopic (exact) mass is 616 g/mol. The van der Waals surface area contributed by atoms with Crippen molar-refractivity contribution in [2.75, 3.05) is 0 Å². The number of allylic oxidation sites excluding steroid dienone is 1. The maximum absolute atomic E-state index is 14.2. The van der Waals surface area contributed by atoms with E-state index in [2.05, 4.69) is 6.58 Å². The lowest BCUT2D eigenvalue weighted by molar-refractivity contribution is -0.266. The van der Waals surface area contributed by atoms with Crippen molar-refractivity contribution in [1.82, 2.24) is 0 Å². The van der Waals surface area contributed by atoms with Crippen LogP contribution >= 0.6 is 0 Å². The number of epoxide rings is 1. The van der Waals surface area contributed by atoms with Gasteiger partial charge in [-0.25, -0.2) is 0 Å². The van der Waals surface area contributed by atoms with Crippen molar-refractivity contribution in [2.24, 2.45) is 51.8 Å². The van der Waals surface area contributed by atoms with Gasteiger partial charge in [-0.2, -0.15) is 0 Å². The van der Waals surface area contributed by atoms with Gasteiger partial charge in [-0.3, -0.25) is 14.4 Å². The van der Waals surface area contributed by atoms with E-state index in [-0.39, 0.29) is 30.4 Å². The Morgan fingerprint density at radius 1 is 1.02 bits per heavy atom. The minimum absolute atomic E-state index is 0.0658. The first-order chi connectivity index (χ1) is 20.3. The minimum atomic E-state index is -2.09. The molecule has 0 radical (unpaired) electrons. The van der Waals surface area contributed by atoms with Crippen molar-refractivity contribution in [3.8, 4) is 0 Å². The number of fused-ring (bicyclic) bond motifs is 10. The quantitative estimate of drug-likeness (QED) is 0.261. The van der Waals surface area contributed by atoms with Crippen molar-refractivity contribution in [3.63, 3.8) is 0 Å². The maximum Gasteiger partial charge on any atom is 0.303 e. The second-order valence-electron chi connectivity index (χ2n) is 15.5. The summed E-state index contributed by atoms with van der Waals surface area (Å²) in [5.74, 6) is -4.90. The van der Waals surface area contributed by atoms with Crippen LogP contribution in [0.4, 0.5) is 0 Å². The van der Waals surface area contributed by atoms with Crippen LogP contribution in [0.1, 0.15) is 61.3 Å². The normalized spacial score (nSPS) is 58.2. The van der Waals surface area contributed by atoms with Gasteiger partial charge in [0.25, 0.3) is 0 Å². The van der Waals surface area contributed by atoms with Crippen LogP contribution in [-0.4, -0.2) is 86.0 Å². The number of aliphatic hydroxyl groups excluding tert-OH is 2. The Balaban J connectivity index is 1.44. The van der Waals surface area contributed by atoms with E-state index >= 15 is 0 Å². The predicted octanol–water partition coefficient (Wildman–Crippen LogP) is 1.40. The number of ketones is 1. The highest BCUT2D eigenvalue weighted by Gasteiger charge is 2.83. The van der Waals surface area contributed by atoms with Crippen LogP contribution in [0.2, 0.25) is 0 Å². The van der Waals surface area contributed by atoms with Crippen molar-refractivity contribution >= 4 is 17.7 Å². The first-order valence-electron chi connectivity index (χ1n) is 15.7. The fourth-order valence-corrected chi connectivity index (χ4v) is 11.7. The summed E-state index contributed by atoms with van der Waals surface area (Å²) in [6.45, 7) is 15.6. The molecular formula is C33H44O11. The molecule has 7 aliphatic rings. The lowest BCUT2D eigenvalue weighted by Crippen LogP contribution is -2.77. The summed E-state index contributed by atoms with van der Waals surface area (Å²) in [5.41, 5.74) is -7.17. The number of ether oxygens (including phenoxy) is 4. The standard InChI is InChI=1S/C33H44O11/c1-12-9-19-31(7,32(8,39)13(2)41-19)23-21(12)29(5)18(42-14(3)34)10-16-20(22(29)25(23)37)24(36)27(38)33(40)11-17-26(44-17)28(30(16,33)6)43-15(4)35/h9,12,16-18,20-26,28,36-37,39-40H,2,10-11H2,1,3-8H3/t12-,16+,17+,18+,20-,21+,22-,23+,24-,25-,26+,28+,29-,30+,31+,32-,33+/m1/s1. The fourth-order valence-electron chi connectivity index (χ4n) is 11.7. The van der Waals surface area contributed by atoms with Gasteiger partial charge in [0.2, 0.25) is 0 Å². The van der Waals surface area contributed by atoms with Gasteiger partial charge in [-0.15, -0.1) is 0 Å². The highest BCUT2D eigenvalue weighted by atomic mass is 16.6. The van der Waals surface area contributed by atoms with Crippen LogP contribution in [0, 0.1) is 51.8 Å². The largest absolute Gasteiger partial charge is 0.463 e. The number of hydrogen-bond acceptors (Lipinski definition) is 11. The third-order valence-electron chi connectivity index (χ3n) is 13.9. The van der Waals surface area contributed by atoms with E-state index < -0.39 is 105 Å². The second kappa shape index (κ2) is 8.73. The molecule has 5 aliphatic carbocycles. The Labute approximate surface area is 256 Å². The van der Waals surface area contributed by atoms with Crippen LogP contribution in [0.3, 0.4) is 0 Å². The van der Waals surface area contributed by atoms with Gasteiger partial charge in [-0.1, -0.05) is 27.4 Å². The van der Waals surface area contributed by atoms with E-state index in [1.807, 2.05) is 26.8 Å². The van der Waals surface area contributed by atoms with Gasteiger partial charge in [0.1, 0.15) is 47.1 Å². The lowest BCUT2D eigenvalue weighted by atomic mass is 9.40. The third-order valence-corrected chi connectivity index (χ3v) is 13.9. The smallest absolute Gasteiger partial charge is 0.303 e. The molecule has 2 saturated heterocycles. The molecule has 4 saturated carbocycles. The van der Waals surface area contributed by atoms with Crippen molar-refractivity contribution in [2.45, 2.75) is 109 Å². The summed E-state index contributed by atoms with van der Waals surface area (Å²) in [5, 5.41) is 48.6. The van der Waals surface area contributed by atoms with Crippen LogP contribution < -0.4 is 0 Å². The number of carbonyl (C=O) groups is 3. The number of Topliss-reactive ketones (excluding diaryl/α,β-unsaturated/α-hetero) is 1. The van der Waals surface area contributed by atoms with E-state index in [4.69, 9.17) is 18.9 Å². The highest BCUT2D eigenvalue weighted by molar-refractivity contribution is 5.94.